The number of likely N-dealkylation sites (tertiary alicyclic amines) is 1. The normalized spacial score (nSPS) is 23.5. The Balaban J connectivity index is 1.67. The molecule has 3 atom stereocenters. The van der Waals surface area contributed by atoms with Crippen LogP contribution in [0.2, 0.25) is 0 Å². The van der Waals surface area contributed by atoms with Crippen molar-refractivity contribution in [3.8, 4) is 0 Å². The van der Waals surface area contributed by atoms with Crippen molar-refractivity contribution in [2.45, 2.75) is 36.2 Å². The van der Waals surface area contributed by atoms with Crippen LogP contribution in [0.25, 0.3) is 0 Å². The zero-order valence-electron chi connectivity index (χ0n) is 17.9. The van der Waals surface area contributed by atoms with E-state index in [0.29, 0.717) is 37.2 Å². The molecule has 9 nitrogen and oxygen atoms in total. The predicted molar refractivity (Wildman–Crippen MR) is 122 cm³/mol. The highest BCUT2D eigenvalue weighted by molar-refractivity contribution is 6.50. The Bertz CT molecular complexity index is 939. The van der Waals surface area contributed by atoms with Crippen LogP contribution in [0.1, 0.15) is 24.0 Å². The Morgan fingerprint density at radius 1 is 1.34 bits per heavy atom. The Hall–Kier alpha value is -2.36. The van der Waals surface area contributed by atoms with Gasteiger partial charge in [0.2, 0.25) is 11.8 Å². The number of benzene rings is 1. The molecule has 1 aromatic rings. The third-order valence-electron chi connectivity index (χ3n) is 5.83. The Morgan fingerprint density at radius 3 is 2.62 bits per heavy atom. The van der Waals surface area contributed by atoms with E-state index in [4.69, 9.17) is 39.1 Å². The second-order valence-electron chi connectivity index (χ2n) is 8.14. The number of carbonyl (C=O) groups is 3. The lowest BCUT2D eigenvalue weighted by atomic mass is 10.0. The molecule has 3 rings (SSSR count). The lowest BCUT2D eigenvalue weighted by Crippen LogP contribution is -2.52. The fourth-order valence-electron chi connectivity index (χ4n) is 3.85. The summed E-state index contributed by atoms with van der Waals surface area (Å²) >= 11 is 12.0. The number of anilines is 1. The van der Waals surface area contributed by atoms with E-state index in [-0.39, 0.29) is 30.0 Å². The van der Waals surface area contributed by atoms with Crippen molar-refractivity contribution < 1.29 is 19.1 Å². The van der Waals surface area contributed by atoms with E-state index in [0.717, 1.165) is 5.56 Å². The molecule has 0 spiro atoms. The summed E-state index contributed by atoms with van der Waals surface area (Å²) in [7, 11) is 1.51. The van der Waals surface area contributed by atoms with Gasteiger partial charge in [-0.05, 0) is 31.4 Å². The molecular formula is C21H27Cl2N5O4. The molecule has 1 aliphatic heterocycles. The van der Waals surface area contributed by atoms with Crippen molar-refractivity contribution in [3.05, 3.63) is 29.3 Å². The van der Waals surface area contributed by atoms with E-state index in [1.165, 1.54) is 12.0 Å². The number of alkyl halides is 2. The van der Waals surface area contributed by atoms with E-state index in [1.54, 1.807) is 18.2 Å². The number of nitrogens with zero attached hydrogens (tertiary/aromatic N) is 1. The maximum Gasteiger partial charge on any atom is 0.267 e. The topological polar surface area (TPSA) is 138 Å². The number of nitrogens with one attached hydrogen (secondary N) is 3. The number of hydrogen-bond donors (Lipinski definition) is 4. The summed E-state index contributed by atoms with van der Waals surface area (Å²) in [6, 6.07) is 4.31. The summed E-state index contributed by atoms with van der Waals surface area (Å²) in [5.74, 6) is -1.50. The largest absolute Gasteiger partial charge is 0.379 e. The number of amides is 3. The lowest BCUT2D eigenvalue weighted by molar-refractivity contribution is -0.139. The van der Waals surface area contributed by atoms with E-state index in [1.807, 2.05) is 6.92 Å². The Labute approximate surface area is 196 Å². The molecule has 1 aromatic carbocycles. The highest BCUT2D eigenvalue weighted by Crippen LogP contribution is 2.52. The van der Waals surface area contributed by atoms with Gasteiger partial charge in [-0.3, -0.25) is 19.8 Å². The fourth-order valence-corrected chi connectivity index (χ4v) is 4.37. The molecule has 2 aliphatic rings. The molecule has 1 heterocycles. The van der Waals surface area contributed by atoms with Crippen molar-refractivity contribution in [2.75, 3.05) is 32.1 Å². The van der Waals surface area contributed by atoms with Crippen LogP contribution in [0.5, 0.6) is 0 Å². The molecular weight excluding hydrogens is 457 g/mol. The highest BCUT2D eigenvalue weighted by Gasteiger charge is 2.52. The first-order chi connectivity index (χ1) is 15.0. The average molecular weight is 484 g/mol. The molecule has 1 saturated carbocycles. The number of aryl methyl sites for hydroxylation is 1. The van der Waals surface area contributed by atoms with Gasteiger partial charge in [-0.1, -0.05) is 12.1 Å². The number of rotatable bonds is 9. The van der Waals surface area contributed by atoms with Gasteiger partial charge < -0.3 is 26.0 Å². The SMILES string of the molecule is COC1CCN(C(=O)CNc2cc(C)ccc2C(=N)C(N)=O)C1C(=O)NCC1CC1(Cl)Cl. The zero-order valence-corrected chi connectivity index (χ0v) is 19.4. The average Bonchev–Trinajstić information content (AvgIpc) is 3.15. The molecule has 0 radical (unpaired) electrons. The molecule has 32 heavy (non-hydrogen) atoms. The van der Waals surface area contributed by atoms with Crippen LogP contribution < -0.4 is 16.4 Å². The summed E-state index contributed by atoms with van der Waals surface area (Å²) in [5, 5.41) is 13.7. The molecule has 5 N–H and O–H groups in total. The van der Waals surface area contributed by atoms with Gasteiger partial charge in [-0.15, -0.1) is 23.2 Å². The lowest BCUT2D eigenvalue weighted by Gasteiger charge is -2.27. The molecule has 11 heteroatoms. The van der Waals surface area contributed by atoms with Crippen molar-refractivity contribution >= 4 is 52.3 Å². The molecule has 0 aromatic heterocycles. The number of hydrogen-bond acceptors (Lipinski definition) is 6. The van der Waals surface area contributed by atoms with Gasteiger partial charge in [0.05, 0.1) is 12.6 Å². The van der Waals surface area contributed by atoms with Crippen molar-refractivity contribution in [1.29, 1.82) is 5.41 Å². The van der Waals surface area contributed by atoms with Gasteiger partial charge in [0, 0.05) is 37.4 Å². The first kappa shape index (κ1) is 24.3. The van der Waals surface area contributed by atoms with Crippen LogP contribution in [0.4, 0.5) is 5.69 Å². The molecule has 3 unspecified atom stereocenters. The van der Waals surface area contributed by atoms with Crippen LogP contribution in [0.3, 0.4) is 0 Å². The number of ether oxygens (including phenoxy) is 1. The van der Waals surface area contributed by atoms with Gasteiger partial charge >= 0.3 is 0 Å². The summed E-state index contributed by atoms with van der Waals surface area (Å²) in [5.41, 5.74) is 6.52. The Morgan fingerprint density at radius 2 is 2.03 bits per heavy atom. The number of methoxy groups -OCH3 is 1. The number of nitrogens with two attached hydrogens (primary N) is 1. The maximum absolute atomic E-state index is 13.0. The standard InChI is InChI=1S/C21H27Cl2N5O4/c1-11-3-4-13(17(24)19(25)30)14(7-11)26-10-16(29)28-6-5-15(32-2)18(28)20(31)27-9-12-8-21(12,22)23/h3-4,7,12,15,18,24,26H,5-6,8-10H2,1-2H3,(H2,25,30)(H,27,31). The maximum atomic E-state index is 13.0. The quantitative estimate of drug-likeness (QED) is 0.308. The van der Waals surface area contributed by atoms with Gasteiger partial charge in [0.15, 0.2) is 0 Å². The summed E-state index contributed by atoms with van der Waals surface area (Å²) in [4.78, 5) is 38.8. The van der Waals surface area contributed by atoms with Crippen LogP contribution in [-0.2, 0) is 19.1 Å². The molecule has 1 saturated heterocycles. The molecule has 0 bridgehead atoms. The summed E-state index contributed by atoms with van der Waals surface area (Å²) in [6.45, 7) is 2.43. The first-order valence-electron chi connectivity index (χ1n) is 10.3. The smallest absolute Gasteiger partial charge is 0.267 e. The van der Waals surface area contributed by atoms with Crippen molar-refractivity contribution in [1.82, 2.24) is 10.2 Å². The van der Waals surface area contributed by atoms with Crippen LogP contribution in [0, 0.1) is 18.3 Å². The highest BCUT2D eigenvalue weighted by atomic mass is 35.5. The predicted octanol–water partition coefficient (Wildman–Crippen LogP) is 1.19. The second kappa shape index (κ2) is 9.64. The minimum atomic E-state index is -0.865. The van der Waals surface area contributed by atoms with Gasteiger partial charge in [-0.2, -0.15) is 0 Å². The number of carbonyl (C=O) groups excluding carboxylic acids is 3. The van der Waals surface area contributed by atoms with E-state index in [9.17, 15) is 14.4 Å². The number of primary amides is 1. The van der Waals surface area contributed by atoms with Crippen LogP contribution in [0.15, 0.2) is 18.2 Å². The van der Waals surface area contributed by atoms with Crippen molar-refractivity contribution in [3.63, 3.8) is 0 Å². The van der Waals surface area contributed by atoms with E-state index >= 15 is 0 Å². The summed E-state index contributed by atoms with van der Waals surface area (Å²) < 4.78 is 4.64. The third kappa shape index (κ3) is 5.33. The van der Waals surface area contributed by atoms with Gasteiger partial charge in [0.1, 0.15) is 16.1 Å². The van der Waals surface area contributed by atoms with E-state index in [2.05, 4.69) is 10.6 Å². The van der Waals surface area contributed by atoms with Crippen molar-refractivity contribution in [2.24, 2.45) is 11.7 Å². The van der Waals surface area contributed by atoms with Crippen LogP contribution >= 0.6 is 23.2 Å². The number of halogens is 2. The van der Waals surface area contributed by atoms with Gasteiger partial charge in [0.25, 0.3) is 5.91 Å². The second-order valence-corrected chi connectivity index (χ2v) is 9.69. The minimum absolute atomic E-state index is 0.0108. The Kier molecular flexibility index (Phi) is 7.32. The monoisotopic (exact) mass is 483 g/mol. The third-order valence-corrected chi connectivity index (χ3v) is 6.76. The molecule has 3 amide bonds. The van der Waals surface area contributed by atoms with Crippen LogP contribution in [-0.4, -0.2) is 71.6 Å². The first-order valence-corrected chi connectivity index (χ1v) is 11.0. The molecule has 1 aliphatic carbocycles. The van der Waals surface area contributed by atoms with Gasteiger partial charge in [-0.25, -0.2) is 0 Å². The zero-order chi connectivity index (χ0) is 23.6. The fraction of sp³-hybridized carbons (Fsp3) is 0.524. The molecule has 174 valence electrons. The minimum Gasteiger partial charge on any atom is -0.379 e. The molecule has 2 fully saturated rings. The summed E-state index contributed by atoms with van der Waals surface area (Å²) in [6.07, 6.45) is 0.716. The van der Waals surface area contributed by atoms with E-state index < -0.39 is 22.4 Å².